The van der Waals surface area contributed by atoms with Crippen molar-refractivity contribution in [2.24, 2.45) is 5.73 Å². The van der Waals surface area contributed by atoms with Crippen molar-refractivity contribution in [1.82, 2.24) is 15.1 Å². The third-order valence-corrected chi connectivity index (χ3v) is 5.25. The topological polar surface area (TPSA) is 98.1 Å². The SMILES string of the molecule is Cl.NC1(c2noc(Cc3csc(N4CCCC4=O)n3)n2)CCC1. The van der Waals surface area contributed by atoms with Crippen LogP contribution in [0.1, 0.15) is 49.5 Å². The van der Waals surface area contributed by atoms with Gasteiger partial charge in [0.05, 0.1) is 17.7 Å². The van der Waals surface area contributed by atoms with Gasteiger partial charge in [-0.15, -0.1) is 23.7 Å². The van der Waals surface area contributed by atoms with E-state index < -0.39 is 5.54 Å². The number of amides is 1. The summed E-state index contributed by atoms with van der Waals surface area (Å²) in [5, 5.41) is 6.70. The molecule has 1 aliphatic carbocycles. The molecule has 1 saturated heterocycles. The molecule has 0 radical (unpaired) electrons. The largest absolute Gasteiger partial charge is 0.339 e. The van der Waals surface area contributed by atoms with Gasteiger partial charge in [0.2, 0.25) is 11.8 Å². The molecule has 23 heavy (non-hydrogen) atoms. The molecule has 0 spiro atoms. The average molecular weight is 356 g/mol. The molecule has 3 heterocycles. The number of anilines is 1. The van der Waals surface area contributed by atoms with E-state index in [2.05, 4.69) is 15.1 Å². The number of thiazole rings is 1. The third kappa shape index (κ3) is 2.98. The number of hydrogen-bond donors (Lipinski definition) is 1. The number of halogens is 1. The van der Waals surface area contributed by atoms with Crippen LogP contribution in [0.4, 0.5) is 5.13 Å². The van der Waals surface area contributed by atoms with Crippen molar-refractivity contribution in [1.29, 1.82) is 0 Å². The summed E-state index contributed by atoms with van der Waals surface area (Å²) in [6.07, 6.45) is 4.91. The van der Waals surface area contributed by atoms with Gasteiger partial charge in [-0.3, -0.25) is 9.69 Å². The first-order chi connectivity index (χ1) is 10.6. The van der Waals surface area contributed by atoms with Crippen molar-refractivity contribution >= 4 is 34.8 Å². The average Bonchev–Trinajstić information content (AvgIpc) is 3.17. The maximum atomic E-state index is 11.7. The van der Waals surface area contributed by atoms with Crippen LogP contribution < -0.4 is 10.6 Å². The van der Waals surface area contributed by atoms with Crippen LogP contribution in [0.3, 0.4) is 0 Å². The summed E-state index contributed by atoms with van der Waals surface area (Å²) in [5.74, 6) is 1.27. The minimum atomic E-state index is -0.406. The van der Waals surface area contributed by atoms with Crippen molar-refractivity contribution in [3.05, 3.63) is 22.8 Å². The summed E-state index contributed by atoms with van der Waals surface area (Å²) < 4.78 is 5.29. The van der Waals surface area contributed by atoms with E-state index in [9.17, 15) is 4.79 Å². The van der Waals surface area contributed by atoms with Gasteiger partial charge in [-0.1, -0.05) is 5.16 Å². The smallest absolute Gasteiger partial charge is 0.232 e. The fraction of sp³-hybridized carbons (Fsp3) is 0.571. The van der Waals surface area contributed by atoms with Crippen LogP contribution in [0.25, 0.3) is 0 Å². The minimum absolute atomic E-state index is 0. The van der Waals surface area contributed by atoms with Gasteiger partial charge in [0.25, 0.3) is 0 Å². The molecule has 7 nitrogen and oxygen atoms in total. The van der Waals surface area contributed by atoms with Crippen LogP contribution in [0.15, 0.2) is 9.90 Å². The van der Waals surface area contributed by atoms with Gasteiger partial charge in [0, 0.05) is 18.3 Å². The Bertz CT molecular complexity index is 712. The molecule has 124 valence electrons. The molecule has 1 aliphatic heterocycles. The molecule has 9 heteroatoms. The predicted molar refractivity (Wildman–Crippen MR) is 87.8 cm³/mol. The molecule has 2 aromatic rings. The fourth-order valence-electron chi connectivity index (χ4n) is 2.82. The highest BCUT2D eigenvalue weighted by Crippen LogP contribution is 2.37. The normalized spacial score (nSPS) is 19.5. The molecule has 1 saturated carbocycles. The van der Waals surface area contributed by atoms with Gasteiger partial charge < -0.3 is 10.3 Å². The van der Waals surface area contributed by atoms with Crippen molar-refractivity contribution in [3.63, 3.8) is 0 Å². The number of nitrogens with two attached hydrogens (primary N) is 1. The van der Waals surface area contributed by atoms with Crippen LogP contribution in [-0.4, -0.2) is 27.6 Å². The molecule has 0 aromatic carbocycles. The lowest BCUT2D eigenvalue weighted by Gasteiger charge is -2.34. The van der Waals surface area contributed by atoms with Gasteiger partial charge >= 0.3 is 0 Å². The molecule has 0 bridgehead atoms. The second-order valence-corrected chi connectivity index (χ2v) is 6.81. The summed E-state index contributed by atoms with van der Waals surface area (Å²) in [6.45, 7) is 0.756. The predicted octanol–water partition coefficient (Wildman–Crippen LogP) is 2.00. The summed E-state index contributed by atoms with van der Waals surface area (Å²) in [4.78, 5) is 22.4. The van der Waals surface area contributed by atoms with Gasteiger partial charge in [-0.05, 0) is 25.7 Å². The van der Waals surface area contributed by atoms with E-state index in [0.717, 1.165) is 43.1 Å². The Morgan fingerprint density at radius 1 is 1.35 bits per heavy atom. The summed E-state index contributed by atoms with van der Waals surface area (Å²) in [6, 6.07) is 0. The zero-order valence-electron chi connectivity index (χ0n) is 12.5. The molecule has 0 atom stereocenters. The Morgan fingerprint density at radius 2 is 2.17 bits per heavy atom. The molecule has 1 amide bonds. The zero-order valence-corrected chi connectivity index (χ0v) is 14.2. The summed E-state index contributed by atoms with van der Waals surface area (Å²) in [7, 11) is 0. The summed E-state index contributed by atoms with van der Waals surface area (Å²) in [5.41, 5.74) is 6.63. The van der Waals surface area contributed by atoms with E-state index in [-0.39, 0.29) is 18.3 Å². The molecule has 2 aliphatic rings. The second kappa shape index (κ2) is 6.18. The van der Waals surface area contributed by atoms with E-state index in [4.69, 9.17) is 10.3 Å². The first-order valence-corrected chi connectivity index (χ1v) is 8.39. The van der Waals surface area contributed by atoms with Crippen LogP contribution in [0, 0.1) is 0 Å². The van der Waals surface area contributed by atoms with Crippen molar-refractivity contribution in [3.8, 4) is 0 Å². The second-order valence-electron chi connectivity index (χ2n) is 5.97. The van der Waals surface area contributed by atoms with E-state index in [1.54, 1.807) is 4.90 Å². The Labute approximate surface area is 143 Å². The maximum absolute atomic E-state index is 11.7. The van der Waals surface area contributed by atoms with E-state index >= 15 is 0 Å². The Morgan fingerprint density at radius 3 is 2.83 bits per heavy atom. The van der Waals surface area contributed by atoms with Crippen LogP contribution in [0.5, 0.6) is 0 Å². The highest BCUT2D eigenvalue weighted by molar-refractivity contribution is 7.14. The Balaban J connectivity index is 0.00000156. The standard InChI is InChI=1S/C14H17N5O2S.ClH/c15-14(4-2-5-14)12-17-10(21-18-12)7-9-8-22-13(16-9)19-6-1-3-11(19)20;/h8H,1-7,15H2;1H. The van der Waals surface area contributed by atoms with E-state index in [0.29, 0.717) is 24.6 Å². The number of aromatic nitrogens is 3. The lowest BCUT2D eigenvalue weighted by Crippen LogP contribution is -2.44. The van der Waals surface area contributed by atoms with E-state index in [1.807, 2.05) is 5.38 Å². The Hall–Kier alpha value is -1.51. The first-order valence-electron chi connectivity index (χ1n) is 7.51. The van der Waals surface area contributed by atoms with Gasteiger partial charge in [0.15, 0.2) is 11.0 Å². The van der Waals surface area contributed by atoms with Crippen LogP contribution in [-0.2, 0) is 16.8 Å². The fourth-order valence-corrected chi connectivity index (χ4v) is 3.68. The number of carbonyl (C=O) groups is 1. The maximum Gasteiger partial charge on any atom is 0.232 e. The quantitative estimate of drug-likeness (QED) is 0.900. The Kier molecular flexibility index (Phi) is 4.39. The third-order valence-electron chi connectivity index (χ3n) is 4.34. The van der Waals surface area contributed by atoms with Crippen LogP contribution in [0.2, 0.25) is 0 Å². The molecule has 0 unspecified atom stereocenters. The van der Waals surface area contributed by atoms with Crippen LogP contribution >= 0.6 is 23.7 Å². The number of hydrogen-bond acceptors (Lipinski definition) is 7. The number of nitrogens with zero attached hydrogens (tertiary/aromatic N) is 4. The summed E-state index contributed by atoms with van der Waals surface area (Å²) >= 11 is 1.48. The first kappa shape index (κ1) is 16.4. The number of rotatable bonds is 4. The van der Waals surface area contributed by atoms with Crippen molar-refractivity contribution in [2.75, 3.05) is 11.4 Å². The molecule has 4 rings (SSSR count). The zero-order chi connectivity index (χ0) is 15.2. The molecule has 2 aromatic heterocycles. The molecule has 2 fully saturated rings. The lowest BCUT2D eigenvalue weighted by atomic mass is 9.77. The molecular weight excluding hydrogens is 338 g/mol. The monoisotopic (exact) mass is 355 g/mol. The van der Waals surface area contributed by atoms with Gasteiger partial charge in [0.1, 0.15) is 0 Å². The lowest BCUT2D eigenvalue weighted by molar-refractivity contribution is -0.117. The molecule has 2 N–H and O–H groups in total. The number of carbonyl (C=O) groups excluding carboxylic acids is 1. The molecular formula is C14H18ClN5O2S. The highest BCUT2D eigenvalue weighted by Gasteiger charge is 2.39. The van der Waals surface area contributed by atoms with Crippen molar-refractivity contribution in [2.45, 2.75) is 44.1 Å². The van der Waals surface area contributed by atoms with Crippen molar-refractivity contribution < 1.29 is 9.32 Å². The minimum Gasteiger partial charge on any atom is -0.339 e. The highest BCUT2D eigenvalue weighted by atomic mass is 35.5. The van der Waals surface area contributed by atoms with Gasteiger partial charge in [-0.2, -0.15) is 4.98 Å². The van der Waals surface area contributed by atoms with Gasteiger partial charge in [-0.25, -0.2) is 4.98 Å². The van der Waals surface area contributed by atoms with E-state index in [1.165, 1.54) is 11.3 Å².